The minimum atomic E-state index is -1.42. The molecule has 0 spiro atoms. The van der Waals surface area contributed by atoms with Gasteiger partial charge in [-0.3, -0.25) is 24.1 Å². The van der Waals surface area contributed by atoms with Gasteiger partial charge in [0.2, 0.25) is 11.7 Å². The van der Waals surface area contributed by atoms with Gasteiger partial charge in [-0.25, -0.2) is 4.79 Å². The number of rotatable bonds is 7. The summed E-state index contributed by atoms with van der Waals surface area (Å²) in [4.78, 5) is 64.2. The minimum absolute atomic E-state index is 0.0671. The number of carboxylic acid groups (broad SMARTS) is 1. The maximum Gasteiger partial charge on any atom is 0.328 e. The Bertz CT molecular complexity index is 1500. The molecule has 2 atom stereocenters. The summed E-state index contributed by atoms with van der Waals surface area (Å²) in [6.45, 7) is 5.71. The first kappa shape index (κ1) is 27.5. The number of carbonyl (C=O) groups is 5. The SMILES string of the molecule is CC(C)(C)c1cc(N2C(=O)C(=O)C(C(=O)c3cccc(NC(=O)/C=C\C(=O)O)c3)C2c2ccc(Cl)cc2)no1. The molecule has 200 valence electrons. The largest absolute Gasteiger partial charge is 0.478 e. The van der Waals surface area contributed by atoms with Crippen LogP contribution in [0.15, 0.2) is 71.3 Å². The Hall–Kier alpha value is -4.57. The van der Waals surface area contributed by atoms with Gasteiger partial charge in [0.15, 0.2) is 11.6 Å². The molecule has 2 amide bonds. The van der Waals surface area contributed by atoms with E-state index in [9.17, 15) is 24.0 Å². The van der Waals surface area contributed by atoms with E-state index in [4.69, 9.17) is 21.2 Å². The maximum atomic E-state index is 13.8. The number of hydrogen-bond acceptors (Lipinski definition) is 7. The van der Waals surface area contributed by atoms with E-state index in [1.807, 2.05) is 20.8 Å². The third kappa shape index (κ3) is 5.80. The number of carboxylic acids is 1. The summed E-state index contributed by atoms with van der Waals surface area (Å²) in [6.07, 6.45) is 1.50. The van der Waals surface area contributed by atoms with Crippen LogP contribution in [0.1, 0.15) is 48.5 Å². The van der Waals surface area contributed by atoms with Crippen molar-refractivity contribution < 1.29 is 33.6 Å². The second-order valence-electron chi connectivity index (χ2n) is 9.92. The Balaban J connectivity index is 1.74. The molecular formula is C28H24ClN3O7. The molecule has 1 fully saturated rings. The van der Waals surface area contributed by atoms with Crippen LogP contribution in [0.25, 0.3) is 0 Å². The van der Waals surface area contributed by atoms with Gasteiger partial charge >= 0.3 is 5.97 Å². The Morgan fingerprint density at radius 1 is 1.05 bits per heavy atom. The molecule has 0 radical (unpaired) electrons. The van der Waals surface area contributed by atoms with Crippen molar-refractivity contribution in [1.82, 2.24) is 5.16 Å². The van der Waals surface area contributed by atoms with Crippen molar-refractivity contribution in [3.63, 3.8) is 0 Å². The molecule has 1 aliphatic heterocycles. The first-order chi connectivity index (χ1) is 18.4. The molecule has 1 saturated heterocycles. The van der Waals surface area contributed by atoms with Gasteiger partial charge in [-0.1, -0.05) is 61.8 Å². The van der Waals surface area contributed by atoms with Gasteiger partial charge in [-0.05, 0) is 29.8 Å². The van der Waals surface area contributed by atoms with E-state index in [0.717, 1.165) is 11.0 Å². The molecule has 1 aliphatic rings. The van der Waals surface area contributed by atoms with E-state index in [2.05, 4.69) is 10.5 Å². The maximum absolute atomic E-state index is 13.8. The molecule has 1 aromatic heterocycles. The molecule has 0 aliphatic carbocycles. The molecule has 2 heterocycles. The van der Waals surface area contributed by atoms with Crippen LogP contribution in [0.3, 0.4) is 0 Å². The second kappa shape index (κ2) is 10.7. The van der Waals surface area contributed by atoms with E-state index in [1.165, 1.54) is 24.3 Å². The molecule has 11 heteroatoms. The molecule has 4 rings (SSSR count). The monoisotopic (exact) mass is 549 g/mol. The first-order valence-corrected chi connectivity index (χ1v) is 12.2. The topological polar surface area (TPSA) is 147 Å². The number of aromatic nitrogens is 1. The third-order valence-electron chi connectivity index (χ3n) is 6.08. The normalized spacial score (nSPS) is 17.6. The summed E-state index contributed by atoms with van der Waals surface area (Å²) in [7, 11) is 0. The molecule has 0 bridgehead atoms. The summed E-state index contributed by atoms with van der Waals surface area (Å²) in [5, 5.41) is 15.6. The van der Waals surface area contributed by atoms with Gasteiger partial charge in [0.05, 0.1) is 6.04 Å². The first-order valence-electron chi connectivity index (χ1n) is 11.8. The summed E-state index contributed by atoms with van der Waals surface area (Å²) >= 11 is 6.06. The smallest absolute Gasteiger partial charge is 0.328 e. The van der Waals surface area contributed by atoms with Gasteiger partial charge in [-0.15, -0.1) is 0 Å². The molecule has 0 saturated carbocycles. The van der Waals surface area contributed by atoms with Gasteiger partial charge < -0.3 is 14.9 Å². The standard InChI is InChI=1S/C28H24ClN3O7/c1-28(2,3)19-14-20(31-39-19)32-24(15-7-9-17(29)10-8-15)23(26(37)27(32)38)25(36)16-5-4-6-18(13-16)30-21(33)11-12-22(34)35/h4-14,23-24H,1-3H3,(H,30,33)(H,34,35)/b12-11-. The number of hydrogen-bond donors (Lipinski definition) is 2. The number of benzene rings is 2. The van der Waals surface area contributed by atoms with Crippen LogP contribution >= 0.6 is 11.6 Å². The number of Topliss-reactive ketones (excluding diaryl/α,β-unsaturated/α-hetero) is 2. The highest BCUT2D eigenvalue weighted by atomic mass is 35.5. The van der Waals surface area contributed by atoms with Gasteiger partial charge in [0, 0.05) is 39.9 Å². The molecule has 2 N–H and O–H groups in total. The van der Waals surface area contributed by atoms with Gasteiger partial charge in [-0.2, -0.15) is 0 Å². The molecule has 2 aromatic carbocycles. The van der Waals surface area contributed by atoms with Crippen molar-refractivity contribution in [2.24, 2.45) is 5.92 Å². The van der Waals surface area contributed by atoms with Gasteiger partial charge in [0.25, 0.3) is 5.91 Å². The van der Waals surface area contributed by atoms with Gasteiger partial charge in [0.1, 0.15) is 11.7 Å². The van der Waals surface area contributed by atoms with Crippen LogP contribution in [-0.2, 0) is 24.6 Å². The summed E-state index contributed by atoms with van der Waals surface area (Å²) in [6, 6.07) is 12.8. The number of nitrogens with one attached hydrogen (secondary N) is 1. The Morgan fingerprint density at radius 2 is 1.74 bits per heavy atom. The summed E-state index contributed by atoms with van der Waals surface area (Å²) < 4.78 is 5.45. The fourth-order valence-corrected chi connectivity index (χ4v) is 4.30. The number of halogens is 1. The number of amides is 2. The van der Waals surface area contributed by atoms with Crippen LogP contribution in [0.2, 0.25) is 5.02 Å². The van der Waals surface area contributed by atoms with E-state index in [1.54, 1.807) is 30.3 Å². The predicted octanol–water partition coefficient (Wildman–Crippen LogP) is 4.36. The number of carbonyl (C=O) groups excluding carboxylic acids is 4. The minimum Gasteiger partial charge on any atom is -0.478 e. The Labute approximate surface area is 228 Å². The van der Waals surface area contributed by atoms with E-state index < -0.39 is 46.7 Å². The fourth-order valence-electron chi connectivity index (χ4n) is 4.17. The number of nitrogens with zero attached hydrogens (tertiary/aromatic N) is 2. The lowest BCUT2D eigenvalue weighted by Crippen LogP contribution is -2.31. The summed E-state index contributed by atoms with van der Waals surface area (Å²) in [5.41, 5.74) is 0.329. The lowest BCUT2D eigenvalue weighted by Gasteiger charge is -2.25. The average Bonchev–Trinajstić information content (AvgIpc) is 3.46. The fraction of sp³-hybridized carbons (Fsp3) is 0.214. The lowest BCUT2D eigenvalue weighted by molar-refractivity contribution is -0.135. The lowest BCUT2D eigenvalue weighted by atomic mass is 9.86. The van der Waals surface area contributed by atoms with Crippen LogP contribution in [0.5, 0.6) is 0 Å². The third-order valence-corrected chi connectivity index (χ3v) is 6.33. The van der Waals surface area contributed by atoms with Crippen molar-refractivity contribution in [2.45, 2.75) is 32.2 Å². The second-order valence-corrected chi connectivity index (χ2v) is 10.4. The molecule has 3 aromatic rings. The van der Waals surface area contributed by atoms with Crippen molar-refractivity contribution >= 4 is 52.5 Å². The average molecular weight is 550 g/mol. The highest BCUT2D eigenvalue weighted by molar-refractivity contribution is 6.48. The zero-order valence-electron chi connectivity index (χ0n) is 21.2. The van der Waals surface area contributed by atoms with E-state index in [-0.39, 0.29) is 17.1 Å². The highest BCUT2D eigenvalue weighted by Crippen LogP contribution is 2.42. The van der Waals surface area contributed by atoms with Crippen molar-refractivity contribution in [1.29, 1.82) is 0 Å². The molecule has 10 nitrogen and oxygen atoms in total. The molecular weight excluding hydrogens is 526 g/mol. The predicted molar refractivity (Wildman–Crippen MR) is 142 cm³/mol. The molecule has 39 heavy (non-hydrogen) atoms. The number of anilines is 2. The van der Waals surface area contributed by atoms with Crippen molar-refractivity contribution in [3.05, 3.63) is 88.7 Å². The van der Waals surface area contributed by atoms with Crippen LogP contribution in [-0.4, -0.2) is 39.6 Å². The Morgan fingerprint density at radius 3 is 2.36 bits per heavy atom. The van der Waals surface area contributed by atoms with Crippen LogP contribution < -0.4 is 10.2 Å². The zero-order chi connectivity index (χ0) is 28.5. The highest BCUT2D eigenvalue weighted by Gasteiger charge is 2.53. The zero-order valence-corrected chi connectivity index (χ0v) is 21.9. The van der Waals surface area contributed by atoms with E-state index >= 15 is 0 Å². The number of ketones is 2. The van der Waals surface area contributed by atoms with E-state index in [0.29, 0.717) is 22.4 Å². The van der Waals surface area contributed by atoms with Crippen LogP contribution in [0.4, 0.5) is 11.5 Å². The Kier molecular flexibility index (Phi) is 7.51. The quantitative estimate of drug-likeness (QED) is 0.191. The molecule has 2 unspecified atom stereocenters. The summed E-state index contributed by atoms with van der Waals surface area (Å²) in [5.74, 6) is -5.33. The van der Waals surface area contributed by atoms with Crippen molar-refractivity contribution in [3.8, 4) is 0 Å². The van der Waals surface area contributed by atoms with Crippen molar-refractivity contribution in [2.75, 3.05) is 10.2 Å². The number of aliphatic carboxylic acids is 1. The van der Waals surface area contributed by atoms with Crippen LogP contribution in [0, 0.1) is 5.92 Å².